The molecule has 98 valence electrons. The van der Waals surface area contributed by atoms with Gasteiger partial charge in [-0.15, -0.1) is 0 Å². The van der Waals surface area contributed by atoms with Crippen molar-refractivity contribution in [3.05, 3.63) is 0 Å². The van der Waals surface area contributed by atoms with Gasteiger partial charge in [-0.3, -0.25) is 4.79 Å². The average molecular weight is 246 g/mol. The Labute approximate surface area is 100 Å². The van der Waals surface area contributed by atoms with Crippen molar-refractivity contribution in [1.82, 2.24) is 0 Å². The molecule has 1 rings (SSSR count). The topological polar surface area (TPSA) is 71.1 Å². The van der Waals surface area contributed by atoms with Crippen molar-refractivity contribution in [3.8, 4) is 0 Å². The summed E-state index contributed by atoms with van der Waals surface area (Å²) in [6, 6.07) is 0. The molecular weight excluding hydrogens is 228 g/mol. The fraction of sp³-hybridized carbons (Fsp3) is 0.818. The Kier molecular flexibility index (Phi) is 6.39. The summed E-state index contributed by atoms with van der Waals surface area (Å²) in [4.78, 5) is 21.6. The molecule has 0 radical (unpaired) electrons. The van der Waals surface area contributed by atoms with E-state index in [9.17, 15) is 9.59 Å². The van der Waals surface area contributed by atoms with Crippen molar-refractivity contribution in [3.63, 3.8) is 0 Å². The van der Waals surface area contributed by atoms with Crippen LogP contribution in [0, 0.1) is 0 Å². The highest BCUT2D eigenvalue weighted by Gasteiger charge is 2.20. The Morgan fingerprint density at radius 2 is 1.94 bits per heavy atom. The number of carbonyl (C=O) groups excluding carboxylic acids is 2. The van der Waals surface area contributed by atoms with Gasteiger partial charge in [0, 0.05) is 13.3 Å². The Morgan fingerprint density at radius 1 is 1.24 bits per heavy atom. The second kappa shape index (κ2) is 7.89. The van der Waals surface area contributed by atoms with Crippen LogP contribution in [-0.2, 0) is 23.7 Å². The van der Waals surface area contributed by atoms with E-state index < -0.39 is 6.16 Å². The van der Waals surface area contributed by atoms with Gasteiger partial charge in [0.25, 0.3) is 0 Å². The molecule has 0 saturated carbocycles. The van der Waals surface area contributed by atoms with Crippen LogP contribution in [0.5, 0.6) is 0 Å². The summed E-state index contributed by atoms with van der Waals surface area (Å²) in [5.74, 6) is -0.299. The van der Waals surface area contributed by atoms with Crippen LogP contribution in [0.1, 0.15) is 26.2 Å². The molecule has 1 atom stereocenters. The predicted octanol–water partition coefficient (Wildman–Crippen LogP) is 1.27. The minimum Gasteiger partial charge on any atom is -0.466 e. The molecule has 0 aromatic heterocycles. The Hall–Kier alpha value is -1.30. The first-order valence-corrected chi connectivity index (χ1v) is 5.73. The van der Waals surface area contributed by atoms with Crippen molar-refractivity contribution in [2.24, 2.45) is 0 Å². The lowest BCUT2D eigenvalue weighted by Crippen LogP contribution is -2.19. The number of hydrogen-bond donors (Lipinski definition) is 0. The Morgan fingerprint density at radius 3 is 2.53 bits per heavy atom. The SMILES string of the molecule is CC(=O)OCCCCOC(=O)OC1CCOC1. The summed E-state index contributed by atoms with van der Waals surface area (Å²) in [6.07, 6.45) is 1.20. The second-order valence-electron chi connectivity index (χ2n) is 3.75. The first-order chi connectivity index (χ1) is 8.18. The van der Waals surface area contributed by atoms with E-state index >= 15 is 0 Å². The number of carbonyl (C=O) groups is 2. The number of ether oxygens (including phenoxy) is 4. The van der Waals surface area contributed by atoms with Gasteiger partial charge in [0.05, 0.1) is 26.4 Å². The Bertz CT molecular complexity index is 246. The van der Waals surface area contributed by atoms with Crippen LogP contribution in [-0.4, -0.2) is 44.7 Å². The lowest BCUT2D eigenvalue weighted by molar-refractivity contribution is -0.141. The highest BCUT2D eigenvalue weighted by atomic mass is 16.7. The molecule has 6 nitrogen and oxygen atoms in total. The average Bonchev–Trinajstić information content (AvgIpc) is 2.75. The van der Waals surface area contributed by atoms with Crippen LogP contribution in [0.4, 0.5) is 4.79 Å². The summed E-state index contributed by atoms with van der Waals surface area (Å²) < 4.78 is 19.6. The third-order valence-electron chi connectivity index (χ3n) is 2.21. The number of unbranched alkanes of at least 4 members (excludes halogenated alkanes) is 1. The third-order valence-corrected chi connectivity index (χ3v) is 2.21. The van der Waals surface area contributed by atoms with Crippen molar-refractivity contribution >= 4 is 12.1 Å². The van der Waals surface area contributed by atoms with Crippen LogP contribution in [0.25, 0.3) is 0 Å². The van der Waals surface area contributed by atoms with Gasteiger partial charge in [-0.05, 0) is 12.8 Å². The van der Waals surface area contributed by atoms with Gasteiger partial charge in [0.15, 0.2) is 0 Å². The van der Waals surface area contributed by atoms with E-state index in [1.807, 2.05) is 0 Å². The van der Waals surface area contributed by atoms with Crippen molar-refractivity contribution < 1.29 is 28.5 Å². The fourth-order valence-electron chi connectivity index (χ4n) is 1.35. The van der Waals surface area contributed by atoms with E-state index in [0.717, 1.165) is 6.42 Å². The largest absolute Gasteiger partial charge is 0.508 e. The van der Waals surface area contributed by atoms with Crippen molar-refractivity contribution in [2.75, 3.05) is 26.4 Å². The Balaban J connectivity index is 1.91. The van der Waals surface area contributed by atoms with E-state index in [2.05, 4.69) is 0 Å². The van der Waals surface area contributed by atoms with Gasteiger partial charge in [-0.1, -0.05) is 0 Å². The highest BCUT2D eigenvalue weighted by Crippen LogP contribution is 2.09. The van der Waals surface area contributed by atoms with E-state index in [4.69, 9.17) is 18.9 Å². The van der Waals surface area contributed by atoms with Gasteiger partial charge in [-0.2, -0.15) is 0 Å². The van der Waals surface area contributed by atoms with E-state index in [1.165, 1.54) is 6.92 Å². The van der Waals surface area contributed by atoms with Crippen LogP contribution in [0.2, 0.25) is 0 Å². The van der Waals surface area contributed by atoms with Gasteiger partial charge < -0.3 is 18.9 Å². The molecule has 1 unspecified atom stereocenters. The normalized spacial score (nSPS) is 18.8. The maximum atomic E-state index is 11.2. The molecule has 0 aliphatic carbocycles. The maximum Gasteiger partial charge on any atom is 0.508 e. The van der Waals surface area contributed by atoms with Gasteiger partial charge in [-0.25, -0.2) is 4.79 Å². The lowest BCUT2D eigenvalue weighted by Gasteiger charge is -2.10. The van der Waals surface area contributed by atoms with E-state index in [1.54, 1.807) is 0 Å². The van der Waals surface area contributed by atoms with Gasteiger partial charge >= 0.3 is 12.1 Å². The van der Waals surface area contributed by atoms with Crippen LogP contribution < -0.4 is 0 Å². The zero-order valence-corrected chi connectivity index (χ0v) is 9.98. The molecule has 0 aromatic rings. The summed E-state index contributed by atoms with van der Waals surface area (Å²) >= 11 is 0. The first kappa shape index (κ1) is 13.8. The molecule has 1 fully saturated rings. The molecule has 6 heteroatoms. The van der Waals surface area contributed by atoms with E-state index in [-0.39, 0.29) is 18.7 Å². The lowest BCUT2D eigenvalue weighted by atomic mass is 10.3. The third kappa shape index (κ3) is 6.78. The molecule has 1 saturated heterocycles. The summed E-state index contributed by atoms with van der Waals surface area (Å²) in [6.45, 7) is 3.05. The standard InChI is InChI=1S/C11H18O6/c1-9(12)15-5-2-3-6-16-11(13)17-10-4-7-14-8-10/h10H,2-8H2,1H3. The van der Waals surface area contributed by atoms with Crippen LogP contribution in [0.3, 0.4) is 0 Å². The summed E-state index contributed by atoms with van der Waals surface area (Å²) in [7, 11) is 0. The molecule has 17 heavy (non-hydrogen) atoms. The molecule has 1 aliphatic heterocycles. The van der Waals surface area contributed by atoms with Crippen LogP contribution in [0.15, 0.2) is 0 Å². The predicted molar refractivity (Wildman–Crippen MR) is 57.5 cm³/mol. The summed E-state index contributed by atoms with van der Waals surface area (Å²) in [5, 5.41) is 0. The van der Waals surface area contributed by atoms with Gasteiger partial charge in [0.1, 0.15) is 6.10 Å². The molecular formula is C11H18O6. The molecule has 0 N–H and O–H groups in total. The molecule has 0 amide bonds. The van der Waals surface area contributed by atoms with E-state index in [0.29, 0.717) is 32.7 Å². The minimum atomic E-state index is -0.659. The number of rotatable bonds is 6. The molecule has 0 spiro atoms. The van der Waals surface area contributed by atoms with Gasteiger partial charge in [0.2, 0.25) is 0 Å². The summed E-state index contributed by atoms with van der Waals surface area (Å²) in [5.41, 5.74) is 0. The van der Waals surface area contributed by atoms with Crippen molar-refractivity contribution in [2.45, 2.75) is 32.3 Å². The first-order valence-electron chi connectivity index (χ1n) is 5.73. The highest BCUT2D eigenvalue weighted by molar-refractivity contribution is 5.65. The van der Waals surface area contributed by atoms with Crippen molar-refractivity contribution in [1.29, 1.82) is 0 Å². The molecule has 1 aliphatic rings. The molecule has 1 heterocycles. The monoisotopic (exact) mass is 246 g/mol. The molecule has 0 aromatic carbocycles. The fourth-order valence-corrected chi connectivity index (χ4v) is 1.35. The smallest absolute Gasteiger partial charge is 0.466 e. The van der Waals surface area contributed by atoms with Crippen LogP contribution >= 0.6 is 0 Å². The zero-order chi connectivity index (χ0) is 12.5. The number of esters is 1. The number of hydrogen-bond acceptors (Lipinski definition) is 6. The molecule has 0 bridgehead atoms. The zero-order valence-electron chi connectivity index (χ0n) is 9.98. The quantitative estimate of drug-likeness (QED) is 0.519. The minimum absolute atomic E-state index is 0.177. The maximum absolute atomic E-state index is 11.2. The second-order valence-corrected chi connectivity index (χ2v) is 3.75.